The predicted octanol–water partition coefficient (Wildman–Crippen LogP) is 4.42. The number of hydrogen-bond donors (Lipinski definition) is 0. The number of nitrogens with zero attached hydrogens (tertiary/aromatic N) is 4. The van der Waals surface area contributed by atoms with Gasteiger partial charge in [-0.25, -0.2) is 9.98 Å². The number of hydrogen-bond acceptors (Lipinski definition) is 3. The molecule has 0 fully saturated rings. The summed E-state index contributed by atoms with van der Waals surface area (Å²) < 4.78 is 0. The summed E-state index contributed by atoms with van der Waals surface area (Å²) >= 11 is 6.55. The van der Waals surface area contributed by atoms with E-state index in [1.165, 1.54) is 0 Å². The van der Waals surface area contributed by atoms with Crippen LogP contribution in [0.5, 0.6) is 0 Å². The standard InChI is InChI=1S/C17H21ClN4/c1-5-21(3)12-20-14-10-13(2)11-15(17(14)18)22(4)16-8-6-7-9-19-16/h6-12H,5H2,1-4H3/b20-12-. The first-order chi connectivity index (χ1) is 10.5. The Balaban J connectivity index is 2.40. The summed E-state index contributed by atoms with van der Waals surface area (Å²) in [6.07, 6.45) is 3.57. The van der Waals surface area contributed by atoms with Crippen molar-refractivity contribution in [2.75, 3.05) is 25.5 Å². The SMILES string of the molecule is CCN(C)/C=N\c1cc(C)cc(N(C)c2ccccn2)c1Cl. The molecule has 0 atom stereocenters. The third kappa shape index (κ3) is 3.77. The van der Waals surface area contributed by atoms with Crippen LogP contribution in [0.3, 0.4) is 0 Å². The zero-order valence-corrected chi connectivity index (χ0v) is 14.2. The van der Waals surface area contributed by atoms with Crippen LogP contribution in [0.15, 0.2) is 41.5 Å². The van der Waals surface area contributed by atoms with E-state index in [1.807, 2.05) is 61.2 Å². The van der Waals surface area contributed by atoms with Crippen molar-refractivity contribution in [1.29, 1.82) is 0 Å². The normalized spacial score (nSPS) is 11.0. The molecule has 0 aliphatic rings. The summed E-state index contributed by atoms with van der Waals surface area (Å²) in [6, 6.07) is 9.83. The Morgan fingerprint density at radius 2 is 2.05 bits per heavy atom. The highest BCUT2D eigenvalue weighted by molar-refractivity contribution is 6.36. The zero-order valence-electron chi connectivity index (χ0n) is 13.4. The molecule has 0 unspecified atom stereocenters. The molecule has 0 saturated heterocycles. The number of aryl methyl sites for hydroxylation is 1. The number of halogens is 1. The van der Waals surface area contributed by atoms with E-state index in [4.69, 9.17) is 11.6 Å². The third-order valence-corrected chi connectivity index (χ3v) is 3.81. The van der Waals surface area contributed by atoms with E-state index >= 15 is 0 Å². The van der Waals surface area contributed by atoms with Crippen molar-refractivity contribution >= 4 is 35.1 Å². The smallest absolute Gasteiger partial charge is 0.132 e. The van der Waals surface area contributed by atoms with E-state index in [2.05, 4.69) is 16.9 Å². The number of rotatable bonds is 5. The molecule has 0 aliphatic carbocycles. The molecule has 1 heterocycles. The van der Waals surface area contributed by atoms with E-state index in [9.17, 15) is 0 Å². The summed E-state index contributed by atoms with van der Waals surface area (Å²) in [7, 11) is 3.93. The molecule has 0 spiro atoms. The van der Waals surface area contributed by atoms with Crippen molar-refractivity contribution in [3.63, 3.8) is 0 Å². The molecule has 0 radical (unpaired) electrons. The van der Waals surface area contributed by atoms with Gasteiger partial charge < -0.3 is 9.80 Å². The summed E-state index contributed by atoms with van der Waals surface area (Å²) in [5.41, 5.74) is 2.76. The van der Waals surface area contributed by atoms with Gasteiger partial charge in [0.25, 0.3) is 0 Å². The molecule has 2 rings (SSSR count). The topological polar surface area (TPSA) is 31.7 Å². The fourth-order valence-corrected chi connectivity index (χ4v) is 2.27. The fraction of sp³-hybridized carbons (Fsp3) is 0.294. The Labute approximate surface area is 137 Å². The monoisotopic (exact) mass is 316 g/mol. The van der Waals surface area contributed by atoms with Crippen molar-refractivity contribution in [2.24, 2.45) is 4.99 Å². The molecule has 4 nitrogen and oxygen atoms in total. The highest BCUT2D eigenvalue weighted by Gasteiger charge is 2.13. The largest absolute Gasteiger partial charge is 0.366 e. The third-order valence-electron chi connectivity index (χ3n) is 3.43. The van der Waals surface area contributed by atoms with E-state index in [0.717, 1.165) is 29.3 Å². The fourth-order valence-electron chi connectivity index (χ4n) is 1.99. The predicted molar refractivity (Wildman–Crippen MR) is 94.9 cm³/mol. The van der Waals surface area contributed by atoms with E-state index in [-0.39, 0.29) is 0 Å². The molecule has 5 heteroatoms. The minimum Gasteiger partial charge on any atom is -0.366 e. The summed E-state index contributed by atoms with van der Waals surface area (Å²) in [6.45, 7) is 5.01. The lowest BCUT2D eigenvalue weighted by Crippen LogP contribution is -2.14. The molecule has 1 aromatic carbocycles. The summed E-state index contributed by atoms with van der Waals surface area (Å²) in [5, 5.41) is 0.625. The highest BCUT2D eigenvalue weighted by atomic mass is 35.5. The molecule has 0 amide bonds. The minimum atomic E-state index is 0.625. The first-order valence-corrected chi connectivity index (χ1v) is 7.60. The van der Waals surface area contributed by atoms with Crippen molar-refractivity contribution in [2.45, 2.75) is 13.8 Å². The summed E-state index contributed by atoms with van der Waals surface area (Å²) in [4.78, 5) is 12.8. The lowest BCUT2D eigenvalue weighted by Gasteiger charge is -2.21. The van der Waals surface area contributed by atoms with Gasteiger partial charge in [0.2, 0.25) is 0 Å². The molecule has 1 aromatic heterocycles. The molecular formula is C17H21ClN4. The van der Waals surface area contributed by atoms with Gasteiger partial charge in [-0.2, -0.15) is 0 Å². The number of aromatic nitrogens is 1. The Morgan fingerprint density at radius 1 is 1.27 bits per heavy atom. The highest BCUT2D eigenvalue weighted by Crippen LogP contribution is 2.37. The summed E-state index contributed by atoms with van der Waals surface area (Å²) in [5.74, 6) is 0.843. The molecule has 0 N–H and O–H groups in total. The average molecular weight is 317 g/mol. The molecule has 2 aromatic rings. The number of benzene rings is 1. The molecule has 0 saturated carbocycles. The molecule has 116 valence electrons. The first-order valence-electron chi connectivity index (χ1n) is 7.22. The second-order valence-corrected chi connectivity index (χ2v) is 5.56. The van der Waals surface area contributed by atoms with Crippen LogP contribution in [0.1, 0.15) is 12.5 Å². The minimum absolute atomic E-state index is 0.625. The first kappa shape index (κ1) is 16.3. The van der Waals surface area contributed by atoms with Gasteiger partial charge in [-0.1, -0.05) is 17.7 Å². The Morgan fingerprint density at radius 3 is 2.68 bits per heavy atom. The van der Waals surface area contributed by atoms with Crippen LogP contribution in [0.2, 0.25) is 5.02 Å². The average Bonchev–Trinajstić information content (AvgIpc) is 2.55. The number of pyridine rings is 1. The Bertz CT molecular complexity index is 655. The van der Waals surface area contributed by atoms with Crippen LogP contribution < -0.4 is 4.90 Å². The molecular weight excluding hydrogens is 296 g/mol. The van der Waals surface area contributed by atoms with Gasteiger partial charge in [-0.15, -0.1) is 0 Å². The number of anilines is 2. The lowest BCUT2D eigenvalue weighted by atomic mass is 10.2. The molecule has 0 aliphatic heterocycles. The van der Waals surface area contributed by atoms with E-state index < -0.39 is 0 Å². The Hall–Kier alpha value is -2.07. The van der Waals surface area contributed by atoms with Crippen LogP contribution in [0, 0.1) is 6.92 Å². The molecule has 0 bridgehead atoms. The van der Waals surface area contributed by atoms with Crippen molar-refractivity contribution in [3.05, 3.63) is 47.1 Å². The van der Waals surface area contributed by atoms with Crippen LogP contribution in [-0.2, 0) is 0 Å². The maximum absolute atomic E-state index is 6.55. The van der Waals surface area contributed by atoms with Gasteiger partial charge in [-0.3, -0.25) is 0 Å². The van der Waals surface area contributed by atoms with Gasteiger partial charge in [-0.05, 0) is 43.7 Å². The van der Waals surface area contributed by atoms with Crippen LogP contribution in [0.4, 0.5) is 17.2 Å². The van der Waals surface area contributed by atoms with Crippen molar-refractivity contribution in [1.82, 2.24) is 9.88 Å². The molecule has 22 heavy (non-hydrogen) atoms. The maximum Gasteiger partial charge on any atom is 0.132 e. The second kappa shape index (κ2) is 7.27. The lowest BCUT2D eigenvalue weighted by molar-refractivity contribution is 0.552. The zero-order chi connectivity index (χ0) is 16.1. The van der Waals surface area contributed by atoms with Crippen LogP contribution in [0.25, 0.3) is 0 Å². The van der Waals surface area contributed by atoms with Gasteiger partial charge in [0, 0.05) is 26.8 Å². The second-order valence-electron chi connectivity index (χ2n) is 5.18. The Kier molecular flexibility index (Phi) is 5.39. The van der Waals surface area contributed by atoms with Crippen molar-refractivity contribution < 1.29 is 0 Å². The van der Waals surface area contributed by atoms with Gasteiger partial charge >= 0.3 is 0 Å². The van der Waals surface area contributed by atoms with E-state index in [0.29, 0.717) is 5.02 Å². The van der Waals surface area contributed by atoms with Gasteiger partial charge in [0.1, 0.15) is 5.82 Å². The quantitative estimate of drug-likeness (QED) is 0.604. The number of aliphatic imine (C=N–C) groups is 1. The van der Waals surface area contributed by atoms with E-state index in [1.54, 1.807) is 12.5 Å². The maximum atomic E-state index is 6.55. The van der Waals surface area contributed by atoms with Crippen molar-refractivity contribution in [3.8, 4) is 0 Å². The van der Waals surface area contributed by atoms with Crippen LogP contribution >= 0.6 is 11.6 Å². The van der Waals surface area contributed by atoms with Crippen LogP contribution in [-0.4, -0.2) is 36.9 Å². The van der Waals surface area contributed by atoms with Gasteiger partial charge in [0.15, 0.2) is 0 Å². The van der Waals surface area contributed by atoms with Gasteiger partial charge in [0.05, 0.1) is 22.7 Å².